The fourth-order valence-electron chi connectivity index (χ4n) is 1.83. The molecule has 3 nitrogen and oxygen atoms in total. The fraction of sp³-hybridized carbons (Fsp3) is 0.167. The minimum Gasteiger partial charge on any atom is -0.488 e. The molecular formula is C18H17NO2. The molecule has 0 aliphatic rings. The first kappa shape index (κ1) is 14.7. The topological polar surface area (TPSA) is 30.8 Å². The maximum absolute atomic E-state index is 5.51. The van der Waals surface area contributed by atoms with Crippen molar-refractivity contribution >= 4 is 6.21 Å². The Morgan fingerprint density at radius 1 is 1.00 bits per heavy atom. The van der Waals surface area contributed by atoms with Crippen molar-refractivity contribution in [2.75, 3.05) is 13.2 Å². The summed E-state index contributed by atoms with van der Waals surface area (Å²) in [6.07, 6.45) is 7.48. The van der Waals surface area contributed by atoms with Crippen LogP contribution in [-0.4, -0.2) is 19.4 Å². The third kappa shape index (κ3) is 5.42. The van der Waals surface area contributed by atoms with Crippen LogP contribution in [-0.2, 0) is 11.3 Å². The molecule has 0 bridgehead atoms. The summed E-state index contributed by atoms with van der Waals surface area (Å²) in [6, 6.07) is 18.4. The van der Waals surface area contributed by atoms with Crippen LogP contribution in [0.3, 0.4) is 0 Å². The molecule has 0 saturated carbocycles. The Hall–Kier alpha value is -2.73. The van der Waals surface area contributed by atoms with Gasteiger partial charge in [0.15, 0.2) is 6.61 Å². The molecule has 0 unspecified atom stereocenters. The van der Waals surface area contributed by atoms with Crippen molar-refractivity contribution in [3.05, 3.63) is 65.7 Å². The van der Waals surface area contributed by atoms with E-state index in [2.05, 4.69) is 47.5 Å². The number of nitrogens with zero attached hydrogens (tertiary/aromatic N) is 1. The molecule has 0 N–H and O–H groups in total. The molecule has 0 aliphatic carbocycles. The minimum atomic E-state index is 0.171. The van der Waals surface area contributed by atoms with E-state index in [0.29, 0.717) is 6.61 Å². The normalized spacial score (nSPS) is 10.2. The molecule has 106 valence electrons. The van der Waals surface area contributed by atoms with Crippen LogP contribution in [0.25, 0.3) is 0 Å². The van der Waals surface area contributed by atoms with Gasteiger partial charge in [0.1, 0.15) is 12.4 Å². The Kier molecular flexibility index (Phi) is 5.90. The average Bonchev–Trinajstić information content (AvgIpc) is 2.53. The Balaban J connectivity index is 1.79. The zero-order valence-electron chi connectivity index (χ0n) is 11.7. The summed E-state index contributed by atoms with van der Waals surface area (Å²) in [5.74, 6) is 3.13. The molecule has 0 saturated heterocycles. The standard InChI is InChI=1S/C18H17NO2/c1-2-13-21-19-12-14-20-18-10-8-17(9-11-18)15-16-6-4-3-5-7-16/h1,3-12H,13-15H2/b19-12+. The van der Waals surface area contributed by atoms with Gasteiger partial charge in [-0.15, -0.1) is 6.42 Å². The van der Waals surface area contributed by atoms with E-state index in [-0.39, 0.29) is 6.61 Å². The molecule has 2 rings (SSSR count). The molecule has 0 spiro atoms. The Morgan fingerprint density at radius 2 is 1.71 bits per heavy atom. The molecule has 0 heterocycles. The fourth-order valence-corrected chi connectivity index (χ4v) is 1.83. The molecule has 2 aromatic rings. The number of terminal acetylenes is 1. The lowest BCUT2D eigenvalue weighted by atomic mass is 10.1. The molecule has 0 fully saturated rings. The Morgan fingerprint density at radius 3 is 2.43 bits per heavy atom. The first-order chi connectivity index (χ1) is 10.4. The van der Waals surface area contributed by atoms with Crippen LogP contribution in [0, 0.1) is 12.3 Å². The van der Waals surface area contributed by atoms with Crippen LogP contribution >= 0.6 is 0 Å². The van der Waals surface area contributed by atoms with E-state index >= 15 is 0 Å². The van der Waals surface area contributed by atoms with Crippen molar-refractivity contribution < 1.29 is 9.57 Å². The number of rotatable bonds is 7. The van der Waals surface area contributed by atoms with E-state index in [4.69, 9.17) is 16.0 Å². The summed E-state index contributed by atoms with van der Waals surface area (Å²) in [4.78, 5) is 4.76. The summed E-state index contributed by atoms with van der Waals surface area (Å²) in [6.45, 7) is 0.521. The smallest absolute Gasteiger partial charge is 0.177 e. The highest BCUT2D eigenvalue weighted by molar-refractivity contribution is 5.58. The summed E-state index contributed by atoms with van der Waals surface area (Å²) in [5.41, 5.74) is 2.54. The van der Waals surface area contributed by atoms with Crippen molar-refractivity contribution in [3.8, 4) is 18.1 Å². The van der Waals surface area contributed by atoms with Crippen LogP contribution in [0.1, 0.15) is 11.1 Å². The van der Waals surface area contributed by atoms with Gasteiger partial charge in [-0.2, -0.15) is 0 Å². The number of hydrogen-bond donors (Lipinski definition) is 0. The van der Waals surface area contributed by atoms with Gasteiger partial charge in [0, 0.05) is 0 Å². The van der Waals surface area contributed by atoms with E-state index in [1.807, 2.05) is 18.2 Å². The van der Waals surface area contributed by atoms with Gasteiger partial charge in [0.2, 0.25) is 0 Å². The molecule has 3 heteroatoms. The molecule has 21 heavy (non-hydrogen) atoms. The van der Waals surface area contributed by atoms with E-state index in [9.17, 15) is 0 Å². The van der Waals surface area contributed by atoms with Gasteiger partial charge in [0.05, 0.1) is 6.21 Å². The van der Waals surface area contributed by atoms with E-state index in [0.717, 1.165) is 12.2 Å². The van der Waals surface area contributed by atoms with Crippen molar-refractivity contribution in [1.82, 2.24) is 0 Å². The lowest BCUT2D eigenvalue weighted by Crippen LogP contribution is -1.99. The van der Waals surface area contributed by atoms with E-state index in [1.54, 1.807) is 0 Å². The predicted molar refractivity (Wildman–Crippen MR) is 84.5 cm³/mol. The van der Waals surface area contributed by atoms with Crippen molar-refractivity contribution in [2.24, 2.45) is 5.16 Å². The van der Waals surface area contributed by atoms with E-state index in [1.165, 1.54) is 17.3 Å². The summed E-state index contributed by atoms with van der Waals surface area (Å²) in [7, 11) is 0. The second-order valence-electron chi connectivity index (χ2n) is 4.38. The maximum atomic E-state index is 5.51. The predicted octanol–water partition coefficient (Wildman–Crippen LogP) is 3.29. The van der Waals surface area contributed by atoms with E-state index < -0.39 is 0 Å². The number of ether oxygens (including phenoxy) is 1. The lowest BCUT2D eigenvalue weighted by Gasteiger charge is -2.05. The molecule has 0 amide bonds. The highest BCUT2D eigenvalue weighted by Crippen LogP contribution is 2.15. The SMILES string of the molecule is C#CCO/N=C/COc1ccc(Cc2ccccc2)cc1. The molecular weight excluding hydrogens is 262 g/mol. The van der Waals surface area contributed by atoms with Crippen LogP contribution in [0.2, 0.25) is 0 Å². The third-order valence-electron chi connectivity index (χ3n) is 2.80. The van der Waals surface area contributed by atoms with Gasteiger partial charge in [-0.3, -0.25) is 0 Å². The number of hydrogen-bond acceptors (Lipinski definition) is 3. The third-order valence-corrected chi connectivity index (χ3v) is 2.80. The number of oxime groups is 1. The monoisotopic (exact) mass is 279 g/mol. The first-order valence-electron chi connectivity index (χ1n) is 6.71. The summed E-state index contributed by atoms with van der Waals surface area (Å²) >= 11 is 0. The maximum Gasteiger partial charge on any atom is 0.177 e. The zero-order valence-corrected chi connectivity index (χ0v) is 11.7. The molecule has 0 atom stereocenters. The van der Waals surface area contributed by atoms with Gasteiger partial charge >= 0.3 is 0 Å². The molecule has 0 aromatic heterocycles. The average molecular weight is 279 g/mol. The van der Waals surface area contributed by atoms with Gasteiger partial charge in [0.25, 0.3) is 0 Å². The zero-order chi connectivity index (χ0) is 14.8. The molecule has 0 radical (unpaired) electrons. The molecule has 2 aromatic carbocycles. The van der Waals surface area contributed by atoms with Crippen molar-refractivity contribution in [2.45, 2.75) is 6.42 Å². The second-order valence-corrected chi connectivity index (χ2v) is 4.38. The van der Waals surface area contributed by atoms with Crippen LogP contribution in [0.4, 0.5) is 0 Å². The largest absolute Gasteiger partial charge is 0.488 e. The van der Waals surface area contributed by atoms with Crippen LogP contribution in [0.15, 0.2) is 59.8 Å². The minimum absolute atomic E-state index is 0.171. The number of benzene rings is 2. The van der Waals surface area contributed by atoms with Crippen LogP contribution in [0.5, 0.6) is 5.75 Å². The Bertz CT molecular complexity index is 597. The van der Waals surface area contributed by atoms with Gasteiger partial charge < -0.3 is 9.57 Å². The van der Waals surface area contributed by atoms with Crippen molar-refractivity contribution in [3.63, 3.8) is 0 Å². The first-order valence-corrected chi connectivity index (χ1v) is 6.71. The van der Waals surface area contributed by atoms with Crippen LogP contribution < -0.4 is 4.74 Å². The summed E-state index contributed by atoms with van der Waals surface area (Å²) < 4.78 is 5.51. The Labute approximate surface area is 125 Å². The summed E-state index contributed by atoms with van der Waals surface area (Å²) in [5, 5.41) is 3.66. The van der Waals surface area contributed by atoms with Crippen molar-refractivity contribution in [1.29, 1.82) is 0 Å². The highest BCUT2D eigenvalue weighted by atomic mass is 16.6. The van der Waals surface area contributed by atoms with Gasteiger partial charge in [-0.1, -0.05) is 53.5 Å². The second kappa shape index (κ2) is 8.44. The lowest BCUT2D eigenvalue weighted by molar-refractivity contribution is 0.179. The van der Waals surface area contributed by atoms with Gasteiger partial charge in [-0.05, 0) is 29.7 Å². The quantitative estimate of drug-likeness (QED) is 0.337. The molecule has 0 aliphatic heterocycles. The van der Waals surface area contributed by atoms with Gasteiger partial charge in [-0.25, -0.2) is 0 Å². The highest BCUT2D eigenvalue weighted by Gasteiger charge is 1.97.